The van der Waals surface area contributed by atoms with Crippen LogP contribution in [-0.2, 0) is 14.1 Å². The number of hydrogen-bond donors (Lipinski definition) is 0. The molecule has 0 saturated carbocycles. The van der Waals surface area contributed by atoms with Gasteiger partial charge in [-0.15, -0.1) is 15.3 Å². The predicted octanol–water partition coefficient (Wildman–Crippen LogP) is 1.58. The van der Waals surface area contributed by atoms with E-state index in [1.54, 1.807) is 18.1 Å². The summed E-state index contributed by atoms with van der Waals surface area (Å²) in [6.07, 6.45) is 1.65. The number of rotatable bonds is 4. The van der Waals surface area contributed by atoms with Crippen LogP contribution in [0, 0.1) is 0 Å². The Bertz CT molecular complexity index is 929. The minimum atomic E-state index is 0.638. The number of hydrogen-bond acceptors (Lipinski definition) is 9. The molecule has 3 aromatic heterocycles. The third kappa shape index (κ3) is 2.83. The molecule has 0 atom stereocenters. The lowest BCUT2D eigenvalue weighted by Gasteiger charge is -2.07. The van der Waals surface area contributed by atoms with E-state index in [1.165, 1.54) is 23.5 Å². The zero-order valence-electron chi connectivity index (χ0n) is 12.7. The van der Waals surface area contributed by atoms with Crippen LogP contribution in [0.15, 0.2) is 51.0 Å². The van der Waals surface area contributed by atoms with Crippen LogP contribution in [0.25, 0.3) is 11.0 Å². The lowest BCUT2D eigenvalue weighted by atomic mass is 10.3. The van der Waals surface area contributed by atoms with Gasteiger partial charge in [-0.25, -0.2) is 14.6 Å². The van der Waals surface area contributed by atoms with Crippen molar-refractivity contribution < 1.29 is 0 Å². The first-order valence-corrected chi connectivity index (χ1v) is 8.53. The molecule has 0 aliphatic carbocycles. The first-order valence-electron chi connectivity index (χ1n) is 6.89. The highest BCUT2D eigenvalue weighted by Crippen LogP contribution is 2.35. The van der Waals surface area contributed by atoms with Crippen LogP contribution in [0.3, 0.4) is 0 Å². The Morgan fingerprint density at radius 2 is 1.54 bits per heavy atom. The molecule has 24 heavy (non-hydrogen) atoms. The summed E-state index contributed by atoms with van der Waals surface area (Å²) >= 11 is 2.77. The summed E-state index contributed by atoms with van der Waals surface area (Å²) in [4.78, 5) is 9.44. The number of aryl methyl sites for hydroxylation is 2. The molecule has 0 saturated heterocycles. The molecule has 120 valence electrons. The molecule has 0 aliphatic rings. The molecule has 0 N–H and O–H groups in total. The van der Waals surface area contributed by atoms with Gasteiger partial charge in [-0.05, 0) is 46.1 Å². The van der Waals surface area contributed by atoms with Crippen molar-refractivity contribution >= 4 is 34.6 Å². The normalized spacial score (nSPS) is 11.2. The quantitative estimate of drug-likeness (QED) is 0.539. The summed E-state index contributed by atoms with van der Waals surface area (Å²) in [7, 11) is 3.67. The molecule has 11 heteroatoms. The molecule has 0 radical (unpaired) electrons. The van der Waals surface area contributed by atoms with Crippen LogP contribution in [0.1, 0.15) is 0 Å². The maximum atomic E-state index is 4.72. The fraction of sp³-hybridized carbons (Fsp3) is 0.154. The molecule has 0 bridgehead atoms. The van der Waals surface area contributed by atoms with Crippen LogP contribution >= 0.6 is 23.5 Å². The lowest BCUT2D eigenvalue weighted by molar-refractivity contribution is 0.663. The largest absolute Gasteiger partial charge is 0.311 e. The van der Waals surface area contributed by atoms with Crippen molar-refractivity contribution in [2.75, 3.05) is 0 Å². The summed E-state index contributed by atoms with van der Waals surface area (Å²) in [5.74, 6) is 0. The second kappa shape index (κ2) is 6.17. The van der Waals surface area contributed by atoms with E-state index in [0.717, 1.165) is 26.2 Å². The van der Waals surface area contributed by atoms with Crippen LogP contribution in [-0.4, -0.2) is 44.9 Å². The molecule has 0 fully saturated rings. The predicted molar refractivity (Wildman–Crippen MR) is 87.6 cm³/mol. The van der Waals surface area contributed by atoms with Gasteiger partial charge in [0.25, 0.3) is 0 Å². The third-order valence-electron chi connectivity index (χ3n) is 3.14. The topological polar surface area (TPSA) is 100 Å². The van der Waals surface area contributed by atoms with Gasteiger partial charge in [-0.2, -0.15) is 0 Å². The summed E-state index contributed by atoms with van der Waals surface area (Å²) in [5.41, 5.74) is 1.64. The van der Waals surface area contributed by atoms with Gasteiger partial charge in [-0.1, -0.05) is 12.1 Å². The highest BCUT2D eigenvalue weighted by molar-refractivity contribution is 8.02. The maximum absolute atomic E-state index is 4.72. The van der Waals surface area contributed by atoms with Gasteiger partial charge in [0.1, 0.15) is 16.4 Å². The summed E-state index contributed by atoms with van der Waals surface area (Å²) < 4.78 is 3.43. The van der Waals surface area contributed by atoms with Gasteiger partial charge in [0.05, 0.1) is 11.0 Å². The Hall–Kier alpha value is -2.53. The van der Waals surface area contributed by atoms with Crippen molar-refractivity contribution in [3.8, 4) is 0 Å². The number of benzene rings is 1. The van der Waals surface area contributed by atoms with Crippen molar-refractivity contribution in [2.24, 2.45) is 14.1 Å². The van der Waals surface area contributed by atoms with E-state index in [-0.39, 0.29) is 0 Å². The Balaban J connectivity index is 1.81. The van der Waals surface area contributed by atoms with Gasteiger partial charge < -0.3 is 4.57 Å². The molecule has 0 unspecified atom stereocenters. The van der Waals surface area contributed by atoms with E-state index in [1.807, 2.05) is 35.9 Å². The average molecular weight is 357 g/mol. The number of para-hydroxylation sites is 2. The molecular weight excluding hydrogens is 346 g/mol. The third-order valence-corrected chi connectivity index (χ3v) is 5.30. The van der Waals surface area contributed by atoms with Crippen LogP contribution < -0.4 is 0 Å². The summed E-state index contributed by atoms with van der Waals surface area (Å²) in [6, 6.07) is 7.73. The van der Waals surface area contributed by atoms with Gasteiger partial charge in [-0.3, -0.25) is 0 Å². The summed E-state index contributed by atoms with van der Waals surface area (Å²) in [5, 5.41) is 22.3. The first-order chi connectivity index (χ1) is 11.7. The monoisotopic (exact) mass is 357 g/mol. The van der Waals surface area contributed by atoms with Gasteiger partial charge in [0.2, 0.25) is 5.16 Å². The van der Waals surface area contributed by atoms with Crippen LogP contribution in [0.4, 0.5) is 0 Å². The zero-order valence-corrected chi connectivity index (χ0v) is 14.4. The molecule has 1 aromatic carbocycles. The first kappa shape index (κ1) is 15.0. The molecule has 4 aromatic rings. The molecule has 0 amide bonds. The van der Waals surface area contributed by atoms with Crippen molar-refractivity contribution in [1.82, 2.24) is 44.9 Å². The smallest absolute Gasteiger partial charge is 0.215 e. The van der Waals surface area contributed by atoms with Crippen LogP contribution in [0.2, 0.25) is 0 Å². The molecule has 3 heterocycles. The zero-order chi connectivity index (χ0) is 16.5. The van der Waals surface area contributed by atoms with Crippen molar-refractivity contribution in [3.63, 3.8) is 0 Å². The number of tetrazole rings is 1. The van der Waals surface area contributed by atoms with E-state index in [0.29, 0.717) is 5.16 Å². The van der Waals surface area contributed by atoms with E-state index in [2.05, 4.69) is 25.7 Å². The Kier molecular flexibility index (Phi) is 3.86. The molecule has 9 nitrogen and oxygen atoms in total. The van der Waals surface area contributed by atoms with Gasteiger partial charge >= 0.3 is 0 Å². The molecule has 4 rings (SSSR count). The van der Waals surface area contributed by atoms with Gasteiger partial charge in [0.15, 0.2) is 5.16 Å². The van der Waals surface area contributed by atoms with E-state index < -0.39 is 0 Å². The van der Waals surface area contributed by atoms with Crippen molar-refractivity contribution in [3.05, 3.63) is 30.6 Å². The minimum Gasteiger partial charge on any atom is -0.311 e. The lowest BCUT2D eigenvalue weighted by Crippen LogP contribution is -1.97. The molecule has 0 spiro atoms. The molecule has 0 aliphatic heterocycles. The SMILES string of the molecule is Cn1cnnc1Sc1nc2ccccc2nc1Sc1nnnn1C. The average Bonchev–Trinajstić information content (AvgIpc) is 3.17. The Morgan fingerprint density at radius 3 is 2.08 bits per heavy atom. The summed E-state index contributed by atoms with van der Waals surface area (Å²) in [6.45, 7) is 0. The maximum Gasteiger partial charge on any atom is 0.215 e. The minimum absolute atomic E-state index is 0.638. The van der Waals surface area contributed by atoms with Crippen LogP contribution in [0.5, 0.6) is 0 Å². The Labute approximate surface area is 144 Å². The second-order valence-electron chi connectivity index (χ2n) is 4.84. The number of nitrogens with zero attached hydrogens (tertiary/aromatic N) is 9. The van der Waals surface area contributed by atoms with Crippen molar-refractivity contribution in [2.45, 2.75) is 20.4 Å². The molecular formula is C13H11N9S2. The van der Waals surface area contributed by atoms with E-state index >= 15 is 0 Å². The highest BCUT2D eigenvalue weighted by Gasteiger charge is 2.17. The van der Waals surface area contributed by atoms with Crippen molar-refractivity contribution in [1.29, 1.82) is 0 Å². The fourth-order valence-electron chi connectivity index (χ4n) is 1.95. The van der Waals surface area contributed by atoms with E-state index in [4.69, 9.17) is 9.97 Å². The number of aromatic nitrogens is 9. The van der Waals surface area contributed by atoms with E-state index in [9.17, 15) is 0 Å². The van der Waals surface area contributed by atoms with Gasteiger partial charge in [0, 0.05) is 14.1 Å². The highest BCUT2D eigenvalue weighted by atomic mass is 32.2. The number of fused-ring (bicyclic) bond motifs is 1. The fourth-order valence-corrected chi connectivity index (χ4v) is 3.62. The Morgan fingerprint density at radius 1 is 0.875 bits per heavy atom. The standard InChI is InChI=1S/C13H11N9S2/c1-21-7-14-17-12(21)23-10-11(24-13-18-19-20-22(13)2)16-9-6-4-3-5-8(9)15-10/h3-7H,1-2H3. The second-order valence-corrected chi connectivity index (χ2v) is 6.75.